The van der Waals surface area contributed by atoms with E-state index in [1.807, 2.05) is 0 Å². The monoisotopic (exact) mass is 286 g/mol. The molecule has 0 heterocycles. The van der Waals surface area contributed by atoms with E-state index in [-0.39, 0.29) is 0 Å². The predicted molar refractivity (Wildman–Crippen MR) is 80.4 cm³/mol. The Kier molecular flexibility index (Phi) is 3.23. The van der Waals surface area contributed by atoms with Gasteiger partial charge in [0, 0.05) is 12.2 Å². The van der Waals surface area contributed by atoms with E-state index in [4.69, 9.17) is 28.9 Å². The van der Waals surface area contributed by atoms with Crippen molar-refractivity contribution in [3.05, 3.63) is 22.2 Å². The summed E-state index contributed by atoms with van der Waals surface area (Å²) in [6, 6.07) is 3.44. The summed E-state index contributed by atoms with van der Waals surface area (Å²) >= 11 is 12.3. The Balaban J connectivity index is 2.09. The second-order valence-corrected chi connectivity index (χ2v) is 7.05. The minimum absolute atomic E-state index is 0.354. The van der Waals surface area contributed by atoms with Gasteiger partial charge in [-0.15, -0.1) is 0 Å². The minimum Gasteiger partial charge on any atom is -0.399 e. The zero-order valence-electron chi connectivity index (χ0n) is 11.3. The number of nitrogen functional groups attached to an aromatic ring is 1. The molecule has 1 saturated carbocycles. The molecule has 1 aliphatic rings. The van der Waals surface area contributed by atoms with Crippen molar-refractivity contribution in [2.24, 2.45) is 16.7 Å². The lowest BCUT2D eigenvalue weighted by Gasteiger charge is -2.12. The molecule has 0 bridgehead atoms. The van der Waals surface area contributed by atoms with Crippen LogP contribution in [0, 0.1) is 16.7 Å². The van der Waals surface area contributed by atoms with E-state index in [1.165, 1.54) is 0 Å². The second-order valence-electron chi connectivity index (χ2n) is 6.24. The summed E-state index contributed by atoms with van der Waals surface area (Å²) in [5.74, 6) is 0.620. The van der Waals surface area contributed by atoms with Crippen molar-refractivity contribution in [3.8, 4) is 0 Å². The lowest BCUT2D eigenvalue weighted by Crippen LogP contribution is -2.09. The van der Waals surface area contributed by atoms with Crippen molar-refractivity contribution in [2.75, 3.05) is 17.6 Å². The number of hydrogen-bond donors (Lipinski definition) is 2. The molecule has 0 amide bonds. The molecular formula is C14H20Cl2N2. The van der Waals surface area contributed by atoms with Crippen molar-refractivity contribution in [1.82, 2.24) is 0 Å². The first-order valence-corrected chi connectivity index (χ1v) is 6.92. The molecule has 4 heteroatoms. The largest absolute Gasteiger partial charge is 0.399 e. The molecule has 18 heavy (non-hydrogen) atoms. The Labute approximate surface area is 119 Å². The standard InChI is InChI=1S/C14H20Cl2N2/c1-13(2)11(14(13,3)4)7-18-12-9(15)5-8(17)6-10(12)16/h5-6,11,18H,7,17H2,1-4H3. The maximum atomic E-state index is 6.15. The first kappa shape index (κ1) is 13.8. The maximum Gasteiger partial charge on any atom is 0.0720 e. The molecule has 3 N–H and O–H groups in total. The lowest BCUT2D eigenvalue weighted by atomic mass is 10.0. The smallest absolute Gasteiger partial charge is 0.0720 e. The molecule has 0 radical (unpaired) electrons. The highest BCUT2D eigenvalue weighted by Gasteiger charge is 2.64. The summed E-state index contributed by atoms with van der Waals surface area (Å²) in [4.78, 5) is 0. The van der Waals surface area contributed by atoms with E-state index in [1.54, 1.807) is 12.1 Å². The van der Waals surface area contributed by atoms with Crippen LogP contribution < -0.4 is 11.1 Å². The zero-order valence-corrected chi connectivity index (χ0v) is 12.8. The predicted octanol–water partition coefficient (Wildman–Crippen LogP) is 4.67. The van der Waals surface area contributed by atoms with E-state index in [0.717, 1.165) is 12.2 Å². The van der Waals surface area contributed by atoms with Gasteiger partial charge in [-0.25, -0.2) is 0 Å². The number of nitrogens with two attached hydrogens (primary N) is 1. The molecule has 1 aromatic rings. The molecule has 1 fully saturated rings. The highest BCUT2D eigenvalue weighted by Crippen LogP contribution is 2.68. The van der Waals surface area contributed by atoms with E-state index in [0.29, 0.717) is 32.5 Å². The van der Waals surface area contributed by atoms with Crippen LogP contribution in [0.25, 0.3) is 0 Å². The van der Waals surface area contributed by atoms with E-state index in [9.17, 15) is 0 Å². The third-order valence-corrected chi connectivity index (χ3v) is 5.46. The van der Waals surface area contributed by atoms with Gasteiger partial charge in [0.15, 0.2) is 0 Å². The molecule has 1 aromatic carbocycles. The first-order chi connectivity index (χ1) is 8.18. The highest BCUT2D eigenvalue weighted by atomic mass is 35.5. The number of rotatable bonds is 3. The number of hydrogen-bond acceptors (Lipinski definition) is 2. The summed E-state index contributed by atoms with van der Waals surface area (Å²) in [6.45, 7) is 10.1. The van der Waals surface area contributed by atoms with Gasteiger partial charge < -0.3 is 11.1 Å². The van der Waals surface area contributed by atoms with Gasteiger partial charge in [-0.2, -0.15) is 0 Å². The summed E-state index contributed by atoms with van der Waals surface area (Å²) in [5, 5.41) is 4.52. The van der Waals surface area contributed by atoms with Gasteiger partial charge in [-0.05, 0) is 28.9 Å². The van der Waals surface area contributed by atoms with Gasteiger partial charge in [-0.1, -0.05) is 50.9 Å². The average molecular weight is 287 g/mol. The third kappa shape index (κ3) is 2.06. The Hall–Kier alpha value is -0.600. The summed E-state index contributed by atoms with van der Waals surface area (Å²) in [6.07, 6.45) is 0. The fraction of sp³-hybridized carbons (Fsp3) is 0.571. The molecule has 100 valence electrons. The van der Waals surface area contributed by atoms with Crippen molar-refractivity contribution in [3.63, 3.8) is 0 Å². The van der Waals surface area contributed by atoms with Gasteiger partial charge in [0.1, 0.15) is 0 Å². The second kappa shape index (κ2) is 4.21. The van der Waals surface area contributed by atoms with Crippen molar-refractivity contribution in [2.45, 2.75) is 27.7 Å². The van der Waals surface area contributed by atoms with Crippen LogP contribution in [0.2, 0.25) is 10.0 Å². The molecule has 0 saturated heterocycles. The van der Waals surface area contributed by atoms with Gasteiger partial charge in [0.2, 0.25) is 0 Å². The Bertz CT molecular complexity index is 444. The molecule has 0 unspecified atom stereocenters. The first-order valence-electron chi connectivity index (χ1n) is 6.16. The van der Waals surface area contributed by atoms with Crippen LogP contribution >= 0.6 is 23.2 Å². The van der Waals surface area contributed by atoms with Crippen LogP contribution in [0.15, 0.2) is 12.1 Å². The van der Waals surface area contributed by atoms with Crippen LogP contribution in [-0.2, 0) is 0 Å². The quantitative estimate of drug-likeness (QED) is 0.793. The molecule has 1 aliphatic carbocycles. The Morgan fingerprint density at radius 1 is 1.11 bits per heavy atom. The van der Waals surface area contributed by atoms with E-state index in [2.05, 4.69) is 33.0 Å². The van der Waals surface area contributed by atoms with E-state index < -0.39 is 0 Å². The normalized spacial score (nSPS) is 20.8. The lowest BCUT2D eigenvalue weighted by molar-refractivity contribution is 0.457. The maximum absolute atomic E-state index is 6.15. The Morgan fingerprint density at radius 3 is 1.94 bits per heavy atom. The SMILES string of the molecule is CC1(C)C(CNc2c(Cl)cc(N)cc2Cl)C1(C)C. The number of anilines is 2. The molecule has 0 spiro atoms. The molecular weight excluding hydrogens is 267 g/mol. The van der Waals surface area contributed by atoms with Crippen LogP contribution in [-0.4, -0.2) is 6.54 Å². The van der Waals surface area contributed by atoms with Crippen molar-refractivity contribution in [1.29, 1.82) is 0 Å². The van der Waals surface area contributed by atoms with Crippen LogP contribution in [0.5, 0.6) is 0 Å². The van der Waals surface area contributed by atoms with Crippen molar-refractivity contribution < 1.29 is 0 Å². The molecule has 0 aromatic heterocycles. The summed E-state index contributed by atoms with van der Waals surface area (Å²) < 4.78 is 0. The topological polar surface area (TPSA) is 38.0 Å². The van der Waals surface area contributed by atoms with Gasteiger partial charge in [0.05, 0.1) is 15.7 Å². The van der Waals surface area contributed by atoms with Crippen molar-refractivity contribution >= 4 is 34.6 Å². The fourth-order valence-corrected chi connectivity index (χ4v) is 3.45. The molecule has 0 aliphatic heterocycles. The summed E-state index contributed by atoms with van der Waals surface area (Å²) in [7, 11) is 0. The molecule has 2 rings (SSSR count). The van der Waals surface area contributed by atoms with Crippen LogP contribution in [0.1, 0.15) is 27.7 Å². The van der Waals surface area contributed by atoms with E-state index >= 15 is 0 Å². The minimum atomic E-state index is 0.354. The summed E-state index contributed by atoms with van der Waals surface area (Å²) in [5.41, 5.74) is 7.76. The Morgan fingerprint density at radius 2 is 1.56 bits per heavy atom. The van der Waals surface area contributed by atoms with Gasteiger partial charge >= 0.3 is 0 Å². The zero-order chi connectivity index (χ0) is 13.7. The molecule has 2 nitrogen and oxygen atoms in total. The van der Waals surface area contributed by atoms with Crippen LogP contribution in [0.4, 0.5) is 11.4 Å². The fourth-order valence-electron chi connectivity index (χ4n) is 2.81. The number of nitrogens with one attached hydrogen (secondary N) is 1. The average Bonchev–Trinajstić information content (AvgIpc) is 2.58. The number of halogens is 2. The third-order valence-electron chi connectivity index (χ3n) is 4.87. The van der Waals surface area contributed by atoms with Gasteiger partial charge in [0.25, 0.3) is 0 Å². The van der Waals surface area contributed by atoms with Gasteiger partial charge in [-0.3, -0.25) is 0 Å². The molecule has 0 atom stereocenters. The number of benzene rings is 1. The highest BCUT2D eigenvalue weighted by molar-refractivity contribution is 6.39. The van der Waals surface area contributed by atoms with Crippen LogP contribution in [0.3, 0.4) is 0 Å².